The monoisotopic (exact) mass is 376 g/mol. The van der Waals surface area contributed by atoms with E-state index in [1.165, 1.54) is 0 Å². The van der Waals surface area contributed by atoms with E-state index in [0.717, 1.165) is 18.1 Å². The average Bonchev–Trinajstić information content (AvgIpc) is 2.56. The fourth-order valence-corrected chi connectivity index (χ4v) is 3.24. The van der Waals surface area contributed by atoms with Gasteiger partial charge in [-0.25, -0.2) is 0 Å². The first-order valence-corrected chi connectivity index (χ1v) is 8.79. The number of thioether (sulfide) groups is 1. The van der Waals surface area contributed by atoms with Crippen LogP contribution in [-0.4, -0.2) is 57.4 Å². The molecule has 0 radical (unpaired) electrons. The summed E-state index contributed by atoms with van der Waals surface area (Å²) in [7, 11) is 3.21. The van der Waals surface area contributed by atoms with Crippen molar-refractivity contribution in [2.24, 2.45) is 0 Å². The maximum Gasteiger partial charge on any atom is 0.225 e. The lowest BCUT2D eigenvalue weighted by Crippen LogP contribution is -2.39. The molecule has 136 valence electrons. The molecular formula is C16H25ClN2O4S. The van der Waals surface area contributed by atoms with Crippen LogP contribution in [0.25, 0.3) is 0 Å². The lowest BCUT2D eigenvalue weighted by atomic mass is 10.2. The van der Waals surface area contributed by atoms with Gasteiger partial charge in [0.05, 0.1) is 13.7 Å². The molecule has 1 heterocycles. The van der Waals surface area contributed by atoms with Crippen molar-refractivity contribution in [2.45, 2.75) is 12.5 Å². The molecule has 24 heavy (non-hydrogen) atoms. The van der Waals surface area contributed by atoms with Gasteiger partial charge in [-0.15, -0.1) is 12.4 Å². The Hall–Kier alpha value is -1.15. The Kier molecular flexibility index (Phi) is 9.94. The summed E-state index contributed by atoms with van der Waals surface area (Å²) < 4.78 is 15.9. The molecule has 6 nitrogen and oxygen atoms in total. The van der Waals surface area contributed by atoms with Crippen molar-refractivity contribution in [3.8, 4) is 11.5 Å². The van der Waals surface area contributed by atoms with Gasteiger partial charge in [-0.3, -0.25) is 4.79 Å². The largest absolute Gasteiger partial charge is 0.493 e. The van der Waals surface area contributed by atoms with E-state index in [9.17, 15) is 4.79 Å². The zero-order valence-electron chi connectivity index (χ0n) is 14.0. The third-order valence-electron chi connectivity index (χ3n) is 3.42. The van der Waals surface area contributed by atoms with Crippen molar-refractivity contribution >= 4 is 35.8 Å². The number of ether oxygens (including phenoxy) is 3. The second-order valence-electron chi connectivity index (χ2n) is 5.19. The third-order valence-corrected chi connectivity index (χ3v) is 4.55. The van der Waals surface area contributed by atoms with Crippen molar-refractivity contribution in [1.29, 1.82) is 0 Å². The molecule has 1 atom stereocenters. The lowest BCUT2D eigenvalue weighted by Gasteiger charge is -2.22. The van der Waals surface area contributed by atoms with Gasteiger partial charge in [0.1, 0.15) is 6.61 Å². The van der Waals surface area contributed by atoms with E-state index < -0.39 is 0 Å². The Morgan fingerprint density at radius 2 is 2.17 bits per heavy atom. The highest BCUT2D eigenvalue weighted by Gasteiger charge is 2.17. The summed E-state index contributed by atoms with van der Waals surface area (Å²) in [6.07, 6.45) is 0.471. The molecule has 0 bridgehead atoms. The van der Waals surface area contributed by atoms with Crippen molar-refractivity contribution in [3.63, 3.8) is 0 Å². The number of halogens is 1. The van der Waals surface area contributed by atoms with E-state index in [2.05, 4.69) is 10.6 Å². The van der Waals surface area contributed by atoms with Gasteiger partial charge in [-0.1, -0.05) is 0 Å². The van der Waals surface area contributed by atoms with E-state index in [0.29, 0.717) is 36.8 Å². The molecule has 0 aliphatic carbocycles. The highest BCUT2D eigenvalue weighted by atomic mass is 35.5. The highest BCUT2D eigenvalue weighted by molar-refractivity contribution is 7.99. The second kappa shape index (κ2) is 11.4. The van der Waals surface area contributed by atoms with Crippen molar-refractivity contribution in [2.75, 3.05) is 50.8 Å². The summed E-state index contributed by atoms with van der Waals surface area (Å²) in [6, 6.07) is 5.61. The van der Waals surface area contributed by atoms with Gasteiger partial charge in [-0.05, 0) is 12.1 Å². The zero-order chi connectivity index (χ0) is 16.5. The van der Waals surface area contributed by atoms with Gasteiger partial charge < -0.3 is 24.8 Å². The number of nitrogens with one attached hydrogen (secondary N) is 2. The third kappa shape index (κ3) is 6.76. The molecule has 1 fully saturated rings. The average molecular weight is 377 g/mol. The molecule has 1 amide bonds. The Balaban J connectivity index is 0.00000288. The SMILES string of the molecule is COCCOc1cc(NC(=O)CC2CSCCN2)ccc1OC.Cl. The standard InChI is InChI=1S/C16H24N2O4S.ClH/c1-20-6-7-22-15-9-12(3-4-14(15)21-2)18-16(19)10-13-11-23-8-5-17-13;/h3-4,9,13,17H,5-8,10-11H2,1-2H3,(H,18,19);1H. The number of methoxy groups -OCH3 is 2. The molecule has 0 spiro atoms. The molecule has 8 heteroatoms. The van der Waals surface area contributed by atoms with Crippen LogP contribution in [0.4, 0.5) is 5.69 Å². The van der Waals surface area contributed by atoms with E-state index in [-0.39, 0.29) is 24.4 Å². The normalized spacial score (nSPS) is 16.8. The molecule has 1 aliphatic heterocycles. The first kappa shape index (κ1) is 20.9. The van der Waals surface area contributed by atoms with Crippen LogP contribution in [0.2, 0.25) is 0 Å². The van der Waals surface area contributed by atoms with Gasteiger partial charge in [0.2, 0.25) is 5.91 Å². The number of hydrogen-bond acceptors (Lipinski definition) is 6. The predicted octanol–water partition coefficient (Wildman–Crippen LogP) is 2.18. The summed E-state index contributed by atoms with van der Waals surface area (Å²) in [5.41, 5.74) is 0.701. The molecule has 2 rings (SSSR count). The first-order chi connectivity index (χ1) is 11.2. The van der Waals surface area contributed by atoms with Crippen LogP contribution in [0.15, 0.2) is 18.2 Å². The van der Waals surface area contributed by atoms with Gasteiger partial charge in [0.25, 0.3) is 0 Å². The van der Waals surface area contributed by atoms with E-state index >= 15 is 0 Å². The fraction of sp³-hybridized carbons (Fsp3) is 0.562. The summed E-state index contributed by atoms with van der Waals surface area (Å²) in [5, 5.41) is 6.28. The molecule has 1 aromatic carbocycles. The predicted molar refractivity (Wildman–Crippen MR) is 100.0 cm³/mol. The Morgan fingerprint density at radius 1 is 1.33 bits per heavy atom. The minimum absolute atomic E-state index is 0. The lowest BCUT2D eigenvalue weighted by molar-refractivity contribution is -0.116. The van der Waals surface area contributed by atoms with Crippen molar-refractivity contribution < 1.29 is 19.0 Å². The van der Waals surface area contributed by atoms with Crippen LogP contribution >= 0.6 is 24.2 Å². The quantitative estimate of drug-likeness (QED) is 0.678. The molecule has 1 aliphatic rings. The minimum Gasteiger partial charge on any atom is -0.493 e. The first-order valence-electron chi connectivity index (χ1n) is 7.63. The Labute approximate surface area is 153 Å². The Bertz CT molecular complexity index is 513. The van der Waals surface area contributed by atoms with E-state index in [1.54, 1.807) is 26.4 Å². The molecule has 0 aromatic heterocycles. The molecular weight excluding hydrogens is 352 g/mol. The maximum absolute atomic E-state index is 12.2. The summed E-state index contributed by atoms with van der Waals surface area (Å²) >= 11 is 1.88. The van der Waals surface area contributed by atoms with E-state index in [4.69, 9.17) is 14.2 Å². The van der Waals surface area contributed by atoms with Crippen LogP contribution in [0.5, 0.6) is 11.5 Å². The number of carbonyl (C=O) groups is 1. The van der Waals surface area contributed by atoms with Gasteiger partial charge >= 0.3 is 0 Å². The van der Waals surface area contributed by atoms with Crippen LogP contribution in [0.1, 0.15) is 6.42 Å². The van der Waals surface area contributed by atoms with Gasteiger partial charge in [-0.2, -0.15) is 11.8 Å². The minimum atomic E-state index is -0.00184. The zero-order valence-corrected chi connectivity index (χ0v) is 15.6. The number of benzene rings is 1. The Morgan fingerprint density at radius 3 is 2.83 bits per heavy atom. The van der Waals surface area contributed by atoms with Crippen molar-refractivity contribution in [1.82, 2.24) is 5.32 Å². The van der Waals surface area contributed by atoms with Crippen LogP contribution in [0.3, 0.4) is 0 Å². The van der Waals surface area contributed by atoms with Crippen molar-refractivity contribution in [3.05, 3.63) is 18.2 Å². The summed E-state index contributed by atoms with van der Waals surface area (Å²) in [6.45, 7) is 1.88. The second-order valence-corrected chi connectivity index (χ2v) is 6.33. The van der Waals surface area contributed by atoms with Crippen LogP contribution in [-0.2, 0) is 9.53 Å². The number of carbonyl (C=O) groups excluding carboxylic acids is 1. The van der Waals surface area contributed by atoms with Gasteiger partial charge in [0.15, 0.2) is 11.5 Å². The fourth-order valence-electron chi connectivity index (χ4n) is 2.29. The molecule has 1 unspecified atom stereocenters. The molecule has 0 saturated carbocycles. The maximum atomic E-state index is 12.2. The topological polar surface area (TPSA) is 68.8 Å². The number of rotatable bonds is 8. The van der Waals surface area contributed by atoms with Crippen LogP contribution < -0.4 is 20.1 Å². The van der Waals surface area contributed by atoms with E-state index in [1.807, 2.05) is 17.8 Å². The number of amides is 1. The number of hydrogen-bond donors (Lipinski definition) is 2. The molecule has 2 N–H and O–H groups in total. The van der Waals surface area contributed by atoms with Gasteiger partial charge in [0, 0.05) is 49.4 Å². The summed E-state index contributed by atoms with van der Waals surface area (Å²) in [4.78, 5) is 12.2. The van der Waals surface area contributed by atoms with Crippen LogP contribution in [0, 0.1) is 0 Å². The smallest absolute Gasteiger partial charge is 0.225 e. The molecule has 1 aromatic rings. The number of anilines is 1. The molecule has 1 saturated heterocycles. The highest BCUT2D eigenvalue weighted by Crippen LogP contribution is 2.30. The summed E-state index contributed by atoms with van der Waals surface area (Å²) in [5.74, 6) is 3.30.